The van der Waals surface area contributed by atoms with E-state index in [2.05, 4.69) is 188 Å². The SMILES string of the molecule is CO[Si](C)(C)c1ccc(N(c2ccccc2)c2ccc(-c3ccc(N(c4ccc(C)cc4)c4ccc(C)cc4)cc3)cc2)cc1. The van der Waals surface area contributed by atoms with Crippen molar-refractivity contribution < 1.29 is 4.43 Å². The number of nitrogens with zero attached hydrogens (tertiary/aromatic N) is 2. The summed E-state index contributed by atoms with van der Waals surface area (Å²) < 4.78 is 5.84. The topological polar surface area (TPSA) is 15.7 Å². The Morgan fingerprint density at radius 1 is 0.400 bits per heavy atom. The van der Waals surface area contributed by atoms with Crippen molar-refractivity contribution in [1.82, 2.24) is 0 Å². The Morgan fingerprint density at radius 2 is 0.711 bits per heavy atom. The van der Waals surface area contributed by atoms with Crippen LogP contribution in [0.25, 0.3) is 11.1 Å². The Bertz CT molecular complexity index is 1790. The molecule has 0 saturated heterocycles. The number of hydrogen-bond acceptors (Lipinski definition) is 3. The third kappa shape index (κ3) is 6.63. The van der Waals surface area contributed by atoms with Gasteiger partial charge in [0.25, 0.3) is 0 Å². The van der Waals surface area contributed by atoms with Gasteiger partial charge in [-0.15, -0.1) is 0 Å². The number of hydrogen-bond donors (Lipinski definition) is 0. The van der Waals surface area contributed by atoms with Crippen LogP contribution in [0, 0.1) is 13.8 Å². The average Bonchev–Trinajstić information content (AvgIpc) is 3.08. The molecule has 4 heteroatoms. The molecule has 0 radical (unpaired) electrons. The summed E-state index contributed by atoms with van der Waals surface area (Å²) >= 11 is 0. The van der Waals surface area contributed by atoms with Crippen LogP contribution in [0.1, 0.15) is 11.1 Å². The van der Waals surface area contributed by atoms with Crippen molar-refractivity contribution in [2.75, 3.05) is 16.9 Å². The maximum absolute atomic E-state index is 5.84. The van der Waals surface area contributed by atoms with E-state index in [-0.39, 0.29) is 0 Å². The molecule has 6 aromatic rings. The van der Waals surface area contributed by atoms with Crippen molar-refractivity contribution in [2.24, 2.45) is 0 Å². The summed E-state index contributed by atoms with van der Waals surface area (Å²) in [7, 11) is -0.0758. The average molecular weight is 605 g/mol. The maximum atomic E-state index is 5.84. The molecule has 0 amide bonds. The molecule has 6 rings (SSSR count). The van der Waals surface area contributed by atoms with Crippen LogP contribution in [-0.2, 0) is 4.43 Å². The monoisotopic (exact) mass is 604 g/mol. The standard InChI is InChI=1S/C41H40N2OSi/c1-31-11-19-36(20-12-31)43(37-21-13-32(2)14-22-37)39-25-17-34(18-26-39)33-15-23-38(24-16-33)42(35-9-7-6-8-10-35)40-27-29-41(30-28-40)45(4,5)44-3/h6-30H,1-5H3. The zero-order chi connectivity index (χ0) is 31.4. The molecule has 0 bridgehead atoms. The lowest BCUT2D eigenvalue weighted by atomic mass is 10.0. The van der Waals surface area contributed by atoms with Gasteiger partial charge in [-0.1, -0.05) is 90.0 Å². The fourth-order valence-corrected chi connectivity index (χ4v) is 6.80. The molecule has 0 aliphatic rings. The van der Waals surface area contributed by atoms with Crippen LogP contribution in [0.2, 0.25) is 13.1 Å². The third-order valence-electron chi connectivity index (χ3n) is 8.51. The van der Waals surface area contributed by atoms with E-state index in [0.717, 1.165) is 34.1 Å². The van der Waals surface area contributed by atoms with Crippen molar-refractivity contribution in [3.8, 4) is 11.1 Å². The lowest BCUT2D eigenvalue weighted by Gasteiger charge is -2.27. The normalized spacial score (nSPS) is 11.3. The highest BCUT2D eigenvalue weighted by Crippen LogP contribution is 2.38. The van der Waals surface area contributed by atoms with Crippen LogP contribution in [-0.4, -0.2) is 15.4 Å². The molecule has 0 fully saturated rings. The van der Waals surface area contributed by atoms with Gasteiger partial charge in [0, 0.05) is 41.2 Å². The Labute approximate surface area is 269 Å². The van der Waals surface area contributed by atoms with Crippen molar-refractivity contribution in [3.63, 3.8) is 0 Å². The Morgan fingerprint density at radius 3 is 1.07 bits per heavy atom. The molecule has 0 aromatic heterocycles. The van der Waals surface area contributed by atoms with Gasteiger partial charge in [-0.05, 0) is 116 Å². The van der Waals surface area contributed by atoms with E-state index in [1.54, 1.807) is 0 Å². The van der Waals surface area contributed by atoms with Gasteiger partial charge in [-0.2, -0.15) is 0 Å². The molecule has 224 valence electrons. The minimum Gasteiger partial charge on any atom is -0.416 e. The zero-order valence-corrected chi connectivity index (χ0v) is 27.7. The van der Waals surface area contributed by atoms with E-state index < -0.39 is 8.32 Å². The van der Waals surface area contributed by atoms with Crippen LogP contribution < -0.4 is 15.0 Å². The zero-order valence-electron chi connectivity index (χ0n) is 26.7. The Hall–Kier alpha value is -4.90. The van der Waals surface area contributed by atoms with E-state index in [9.17, 15) is 0 Å². The molecule has 0 saturated carbocycles. The van der Waals surface area contributed by atoms with Gasteiger partial charge in [-0.3, -0.25) is 0 Å². The highest BCUT2D eigenvalue weighted by Gasteiger charge is 2.24. The first-order valence-electron chi connectivity index (χ1n) is 15.5. The fourth-order valence-electron chi connectivity index (χ4n) is 5.59. The van der Waals surface area contributed by atoms with Crippen LogP contribution >= 0.6 is 0 Å². The number of anilines is 6. The van der Waals surface area contributed by atoms with E-state index in [0.29, 0.717) is 0 Å². The number of rotatable bonds is 9. The summed E-state index contributed by atoms with van der Waals surface area (Å²) in [6, 6.07) is 54.5. The minimum absolute atomic E-state index is 1.11. The molecule has 3 nitrogen and oxygen atoms in total. The quantitative estimate of drug-likeness (QED) is 0.153. The second-order valence-corrected chi connectivity index (χ2v) is 16.0. The lowest BCUT2D eigenvalue weighted by molar-refractivity contribution is 0.416. The van der Waals surface area contributed by atoms with E-state index >= 15 is 0 Å². The smallest absolute Gasteiger partial charge is 0.217 e. The maximum Gasteiger partial charge on any atom is 0.217 e. The van der Waals surface area contributed by atoms with Crippen LogP contribution in [0.4, 0.5) is 34.1 Å². The van der Waals surface area contributed by atoms with E-state index in [4.69, 9.17) is 4.43 Å². The molecule has 0 heterocycles. The van der Waals surface area contributed by atoms with Crippen molar-refractivity contribution in [1.29, 1.82) is 0 Å². The first-order valence-corrected chi connectivity index (χ1v) is 18.4. The molecule has 0 aliphatic carbocycles. The molecule has 0 spiro atoms. The Kier molecular flexibility index (Phi) is 8.70. The summed E-state index contributed by atoms with van der Waals surface area (Å²) in [5, 5.41) is 1.28. The second kappa shape index (κ2) is 13.0. The first kappa shape index (κ1) is 30.1. The van der Waals surface area contributed by atoms with Gasteiger partial charge in [-0.25, -0.2) is 0 Å². The van der Waals surface area contributed by atoms with Gasteiger partial charge in [0.05, 0.1) is 0 Å². The summed E-state index contributed by atoms with van der Waals surface area (Å²) in [4.78, 5) is 4.62. The van der Waals surface area contributed by atoms with E-state index in [1.807, 2.05) is 7.11 Å². The van der Waals surface area contributed by atoms with E-state index in [1.165, 1.54) is 27.4 Å². The van der Waals surface area contributed by atoms with Crippen LogP contribution in [0.5, 0.6) is 0 Å². The predicted octanol–water partition coefficient (Wildman–Crippen LogP) is 11.0. The third-order valence-corrected chi connectivity index (χ3v) is 11.3. The van der Waals surface area contributed by atoms with Crippen molar-refractivity contribution in [2.45, 2.75) is 26.9 Å². The van der Waals surface area contributed by atoms with Crippen molar-refractivity contribution in [3.05, 3.63) is 163 Å². The van der Waals surface area contributed by atoms with Gasteiger partial charge in [0.2, 0.25) is 8.32 Å². The van der Waals surface area contributed by atoms with Gasteiger partial charge in [0.15, 0.2) is 0 Å². The molecule has 0 N–H and O–H groups in total. The lowest BCUT2D eigenvalue weighted by Crippen LogP contribution is -2.43. The molecule has 6 aromatic carbocycles. The first-order chi connectivity index (χ1) is 21.8. The van der Waals surface area contributed by atoms with Gasteiger partial charge >= 0.3 is 0 Å². The highest BCUT2D eigenvalue weighted by molar-refractivity contribution is 6.84. The minimum atomic E-state index is -1.89. The molecule has 0 aliphatic heterocycles. The molecular weight excluding hydrogens is 565 g/mol. The molecular formula is C41H40N2OSi. The van der Waals surface area contributed by atoms with Crippen LogP contribution in [0.15, 0.2) is 152 Å². The largest absolute Gasteiger partial charge is 0.416 e. The molecule has 45 heavy (non-hydrogen) atoms. The Balaban J connectivity index is 1.30. The summed E-state index contributed by atoms with van der Waals surface area (Å²) in [5.74, 6) is 0. The number of aryl methyl sites for hydroxylation is 2. The van der Waals surface area contributed by atoms with Crippen LogP contribution in [0.3, 0.4) is 0 Å². The fraction of sp³-hybridized carbons (Fsp3) is 0.122. The number of benzene rings is 6. The summed E-state index contributed by atoms with van der Waals surface area (Å²) in [5.41, 5.74) is 11.6. The highest BCUT2D eigenvalue weighted by atomic mass is 28.4. The summed E-state index contributed by atoms with van der Waals surface area (Å²) in [6.07, 6.45) is 0. The van der Waals surface area contributed by atoms with Crippen molar-refractivity contribution >= 4 is 47.6 Å². The van der Waals surface area contributed by atoms with Gasteiger partial charge in [0.1, 0.15) is 0 Å². The second-order valence-electron chi connectivity index (χ2n) is 12.0. The molecule has 0 unspecified atom stereocenters. The summed E-state index contributed by atoms with van der Waals surface area (Å²) in [6.45, 7) is 8.70. The number of para-hydroxylation sites is 1. The molecule has 0 atom stereocenters. The van der Waals surface area contributed by atoms with Gasteiger partial charge < -0.3 is 14.2 Å². The predicted molar refractivity (Wildman–Crippen MR) is 195 cm³/mol.